The lowest BCUT2D eigenvalue weighted by Gasteiger charge is -2.39. The Morgan fingerprint density at radius 3 is 2.00 bits per heavy atom. The molecule has 0 amide bonds. The minimum Gasteiger partial charge on any atom is -0.350 e. The molecule has 1 aromatic rings. The van der Waals surface area contributed by atoms with Crippen LogP contribution >= 0.6 is 11.6 Å². The van der Waals surface area contributed by atoms with Crippen LogP contribution in [0.3, 0.4) is 0 Å². The summed E-state index contributed by atoms with van der Waals surface area (Å²) in [6, 6.07) is 7.05. The van der Waals surface area contributed by atoms with Crippen LogP contribution in [0, 0.1) is 0 Å². The van der Waals surface area contributed by atoms with E-state index in [9.17, 15) is 30.7 Å². The number of epoxide rings is 1. The molecule has 1 nitrogen and oxygen atoms in total. The maximum atomic E-state index is 14.4. The first-order valence-electron chi connectivity index (χ1n) is 6.64. The zero-order valence-electron chi connectivity index (χ0n) is 12.2. The molecule has 0 N–H and O–H groups in total. The molecule has 2 rings (SSSR count). The summed E-state index contributed by atoms with van der Waals surface area (Å²) in [5, 5.41) is -5.24. The van der Waals surface area contributed by atoms with Crippen LogP contribution in [0.2, 0.25) is 0 Å². The second-order valence-electron chi connectivity index (χ2n) is 5.56. The van der Waals surface area contributed by atoms with Gasteiger partial charge < -0.3 is 4.74 Å². The number of benzene rings is 1. The standard InChI is InChI=1S/C15H12ClF7O/c1-3-12(10(24-12)9-7-5-4-6-8-9)14(20,21)13(18,19)11(2,17)15(16,22)23/h3-8,10H,1H2,2H3. The van der Waals surface area contributed by atoms with Gasteiger partial charge in [0.15, 0.2) is 5.60 Å². The maximum Gasteiger partial charge on any atom is 0.361 e. The minimum atomic E-state index is -5.84. The van der Waals surface area contributed by atoms with Gasteiger partial charge in [-0.05, 0) is 24.1 Å². The molecule has 24 heavy (non-hydrogen) atoms. The summed E-state index contributed by atoms with van der Waals surface area (Å²) in [5.41, 5.74) is -7.98. The highest BCUT2D eigenvalue weighted by molar-refractivity contribution is 6.22. The highest BCUT2D eigenvalue weighted by Crippen LogP contribution is 2.66. The van der Waals surface area contributed by atoms with Gasteiger partial charge in [-0.3, -0.25) is 0 Å². The second-order valence-corrected chi connectivity index (χ2v) is 6.03. The van der Waals surface area contributed by atoms with E-state index in [4.69, 9.17) is 4.74 Å². The third-order valence-electron chi connectivity index (χ3n) is 4.06. The molecule has 0 spiro atoms. The maximum absolute atomic E-state index is 14.4. The fourth-order valence-electron chi connectivity index (χ4n) is 2.34. The first-order chi connectivity index (χ1) is 10.8. The van der Waals surface area contributed by atoms with Crippen molar-refractivity contribution in [3.8, 4) is 0 Å². The van der Waals surface area contributed by atoms with E-state index in [1.807, 2.05) is 0 Å². The highest BCUT2D eigenvalue weighted by Gasteiger charge is 2.86. The number of hydrogen-bond donors (Lipinski definition) is 0. The van der Waals surface area contributed by atoms with Gasteiger partial charge in [0.05, 0.1) is 0 Å². The van der Waals surface area contributed by atoms with Gasteiger partial charge in [0.1, 0.15) is 6.10 Å². The van der Waals surface area contributed by atoms with E-state index in [0.717, 1.165) is 0 Å². The van der Waals surface area contributed by atoms with E-state index in [0.29, 0.717) is 6.08 Å². The van der Waals surface area contributed by atoms with Crippen LogP contribution in [0.1, 0.15) is 18.6 Å². The van der Waals surface area contributed by atoms with E-state index in [1.54, 1.807) is 6.07 Å². The Hall–Kier alpha value is -1.28. The van der Waals surface area contributed by atoms with Crippen molar-refractivity contribution in [2.45, 2.75) is 41.5 Å². The van der Waals surface area contributed by atoms with Crippen molar-refractivity contribution >= 4 is 11.6 Å². The van der Waals surface area contributed by atoms with Crippen LogP contribution in [0.25, 0.3) is 0 Å². The largest absolute Gasteiger partial charge is 0.361 e. The van der Waals surface area contributed by atoms with Gasteiger partial charge in [0.25, 0.3) is 5.67 Å². The van der Waals surface area contributed by atoms with Crippen LogP contribution in [-0.2, 0) is 4.74 Å². The van der Waals surface area contributed by atoms with E-state index in [2.05, 4.69) is 18.2 Å². The molecule has 3 unspecified atom stereocenters. The average Bonchev–Trinajstić information content (AvgIpc) is 3.23. The summed E-state index contributed by atoms with van der Waals surface area (Å²) < 4.78 is 102. The monoisotopic (exact) mass is 376 g/mol. The van der Waals surface area contributed by atoms with Crippen LogP contribution < -0.4 is 0 Å². The van der Waals surface area contributed by atoms with E-state index in [1.165, 1.54) is 24.3 Å². The number of rotatable bonds is 6. The van der Waals surface area contributed by atoms with Crippen molar-refractivity contribution in [3.05, 3.63) is 48.6 Å². The van der Waals surface area contributed by atoms with E-state index >= 15 is 0 Å². The summed E-state index contributed by atoms with van der Waals surface area (Å²) >= 11 is 4.29. The Morgan fingerprint density at radius 1 is 1.08 bits per heavy atom. The molecular weight excluding hydrogens is 365 g/mol. The third-order valence-corrected chi connectivity index (χ3v) is 4.41. The average molecular weight is 377 g/mol. The van der Waals surface area contributed by atoms with Gasteiger partial charge in [0.2, 0.25) is 0 Å². The highest BCUT2D eigenvalue weighted by atomic mass is 35.5. The first kappa shape index (κ1) is 19.1. The fraction of sp³-hybridized carbons (Fsp3) is 0.467. The topological polar surface area (TPSA) is 12.5 Å². The number of hydrogen-bond acceptors (Lipinski definition) is 1. The Morgan fingerprint density at radius 2 is 1.58 bits per heavy atom. The summed E-state index contributed by atoms with van der Waals surface area (Å²) in [7, 11) is 0. The molecule has 0 aliphatic carbocycles. The molecule has 1 fully saturated rings. The van der Waals surface area contributed by atoms with Gasteiger partial charge in [-0.1, -0.05) is 43.0 Å². The smallest absolute Gasteiger partial charge is 0.350 e. The summed E-state index contributed by atoms with van der Waals surface area (Å²) in [5.74, 6) is -11.2. The SMILES string of the molecule is C=CC1(C(F)(F)C(F)(F)C(C)(F)C(F)(F)Cl)OC1c1ccccc1. The molecule has 134 valence electrons. The molecule has 1 saturated heterocycles. The number of alkyl halides is 8. The van der Waals surface area contributed by atoms with Gasteiger partial charge in [-0.15, -0.1) is 0 Å². The molecule has 1 heterocycles. The molecule has 0 radical (unpaired) electrons. The Balaban J connectivity index is 2.47. The lowest BCUT2D eigenvalue weighted by molar-refractivity contribution is -0.313. The van der Waals surface area contributed by atoms with Crippen LogP contribution in [0.5, 0.6) is 0 Å². The molecule has 1 aliphatic heterocycles. The molecular formula is C15H12ClF7O. The minimum absolute atomic E-state index is 0.0890. The van der Waals surface area contributed by atoms with Gasteiger partial charge >= 0.3 is 17.2 Å². The van der Waals surface area contributed by atoms with Crippen LogP contribution in [0.15, 0.2) is 43.0 Å². The van der Waals surface area contributed by atoms with Crippen LogP contribution in [-0.4, -0.2) is 28.5 Å². The van der Waals surface area contributed by atoms with E-state index in [-0.39, 0.29) is 12.5 Å². The number of ether oxygens (including phenoxy) is 1. The normalized spacial score (nSPS) is 27.5. The fourth-order valence-corrected chi connectivity index (χ4v) is 2.46. The van der Waals surface area contributed by atoms with Crippen molar-refractivity contribution in [1.29, 1.82) is 0 Å². The van der Waals surface area contributed by atoms with Gasteiger partial charge in [-0.25, -0.2) is 4.39 Å². The van der Waals surface area contributed by atoms with Gasteiger partial charge in [-0.2, -0.15) is 26.3 Å². The van der Waals surface area contributed by atoms with Crippen molar-refractivity contribution in [1.82, 2.24) is 0 Å². The second kappa shape index (κ2) is 5.36. The first-order valence-corrected chi connectivity index (χ1v) is 7.01. The van der Waals surface area contributed by atoms with E-state index < -0.39 is 34.6 Å². The Kier molecular flexibility index (Phi) is 4.25. The third kappa shape index (κ3) is 2.34. The lowest BCUT2D eigenvalue weighted by Crippen LogP contribution is -2.65. The molecule has 0 aromatic heterocycles. The Labute approximate surface area is 138 Å². The number of halogens is 8. The predicted molar refractivity (Wildman–Crippen MR) is 73.4 cm³/mol. The lowest BCUT2D eigenvalue weighted by atomic mass is 9.83. The summed E-state index contributed by atoms with van der Waals surface area (Å²) in [4.78, 5) is 0. The molecule has 0 bridgehead atoms. The predicted octanol–water partition coefficient (Wildman–Crippen LogP) is 5.51. The molecule has 9 heteroatoms. The zero-order valence-corrected chi connectivity index (χ0v) is 12.9. The van der Waals surface area contributed by atoms with Crippen molar-refractivity contribution < 1.29 is 35.5 Å². The summed E-state index contributed by atoms with van der Waals surface area (Å²) in [6.45, 7) is 2.63. The zero-order chi connectivity index (χ0) is 18.6. The molecule has 3 atom stereocenters. The quantitative estimate of drug-likeness (QED) is 0.276. The molecule has 1 aromatic carbocycles. The summed E-state index contributed by atoms with van der Waals surface area (Å²) in [6.07, 6.45) is -1.22. The van der Waals surface area contributed by atoms with Crippen molar-refractivity contribution in [3.63, 3.8) is 0 Å². The van der Waals surface area contributed by atoms with Crippen molar-refractivity contribution in [2.75, 3.05) is 0 Å². The Bertz CT molecular complexity index is 626. The molecule has 1 aliphatic rings. The molecule has 0 saturated carbocycles. The van der Waals surface area contributed by atoms with Crippen molar-refractivity contribution in [2.24, 2.45) is 0 Å². The van der Waals surface area contributed by atoms with Crippen LogP contribution in [0.4, 0.5) is 30.7 Å². The van der Waals surface area contributed by atoms with Gasteiger partial charge in [0, 0.05) is 0 Å².